The number of nitrogens with one attached hydrogen (secondary N) is 2. The van der Waals surface area contributed by atoms with Crippen LogP contribution in [0.15, 0.2) is 41.6 Å². The third-order valence-corrected chi connectivity index (χ3v) is 4.03. The van der Waals surface area contributed by atoms with E-state index in [9.17, 15) is 4.79 Å². The lowest BCUT2D eigenvalue weighted by molar-refractivity contribution is 0.0939. The maximum Gasteiger partial charge on any atom is 0.269 e. The summed E-state index contributed by atoms with van der Waals surface area (Å²) in [5.41, 5.74) is 8.63. The molecule has 1 aliphatic carbocycles. The van der Waals surface area contributed by atoms with Gasteiger partial charge in [-0.25, -0.2) is 0 Å². The van der Waals surface area contributed by atoms with Crippen molar-refractivity contribution in [1.29, 1.82) is 0 Å². The zero-order chi connectivity index (χ0) is 16.1. The number of hydrogen-bond acceptors (Lipinski definition) is 4. The van der Waals surface area contributed by atoms with E-state index in [2.05, 4.69) is 29.9 Å². The van der Waals surface area contributed by atoms with Gasteiger partial charge >= 0.3 is 0 Å². The zero-order valence-corrected chi connectivity index (χ0v) is 13.4. The summed E-state index contributed by atoms with van der Waals surface area (Å²) < 4.78 is 10.5. The topological polar surface area (TPSA) is 59.6 Å². The maximum absolute atomic E-state index is 12.3. The van der Waals surface area contributed by atoms with Crippen LogP contribution in [0.25, 0.3) is 0 Å². The largest absolute Gasteiger partial charge is 0.454 e. The maximum atomic E-state index is 12.3. The Morgan fingerprint density at radius 1 is 1.17 bits per heavy atom. The summed E-state index contributed by atoms with van der Waals surface area (Å²) in [5, 5.41) is 0. The van der Waals surface area contributed by atoms with Gasteiger partial charge in [-0.3, -0.25) is 15.6 Å². The van der Waals surface area contributed by atoms with Crippen LogP contribution in [-0.4, -0.2) is 12.7 Å². The van der Waals surface area contributed by atoms with Gasteiger partial charge in [-0.2, -0.15) is 0 Å². The minimum Gasteiger partial charge on any atom is -0.454 e. The summed E-state index contributed by atoms with van der Waals surface area (Å²) in [6, 6.07) is 5.17. The van der Waals surface area contributed by atoms with Crippen LogP contribution in [0.5, 0.6) is 11.5 Å². The average molecular weight is 314 g/mol. The Bertz CT molecular complexity index is 650. The van der Waals surface area contributed by atoms with Gasteiger partial charge in [0.05, 0.1) is 5.70 Å². The first kappa shape index (κ1) is 15.5. The zero-order valence-electron chi connectivity index (χ0n) is 13.4. The molecule has 0 unspecified atom stereocenters. The second-order valence-corrected chi connectivity index (χ2v) is 5.69. The van der Waals surface area contributed by atoms with Crippen molar-refractivity contribution in [3.8, 4) is 11.5 Å². The Balaban J connectivity index is 1.54. The van der Waals surface area contributed by atoms with Gasteiger partial charge in [0.1, 0.15) is 0 Å². The number of benzene rings is 1. The molecule has 0 radical (unpaired) electrons. The quantitative estimate of drug-likeness (QED) is 0.598. The van der Waals surface area contributed by atoms with Gasteiger partial charge in [-0.1, -0.05) is 31.9 Å². The molecule has 122 valence electrons. The molecule has 2 N–H and O–H groups in total. The summed E-state index contributed by atoms with van der Waals surface area (Å²) in [7, 11) is 0. The standard InChI is InChI=1S/C18H22N2O3/c1-2-3-4-6-13-7-5-8-15(13)19-20-18(21)14-9-10-16-17(11-14)23-12-22-16/h7-11,19H,2-6,12H2,1H3,(H,20,21). The number of amides is 1. The summed E-state index contributed by atoms with van der Waals surface area (Å²) in [6.07, 6.45) is 9.90. The van der Waals surface area contributed by atoms with E-state index in [-0.39, 0.29) is 12.7 Å². The van der Waals surface area contributed by atoms with Gasteiger partial charge in [0.2, 0.25) is 6.79 Å². The van der Waals surface area contributed by atoms with Crippen molar-refractivity contribution in [3.05, 3.63) is 47.2 Å². The molecule has 5 nitrogen and oxygen atoms in total. The SMILES string of the molecule is CCCCCC1=CCC=C1NNC(=O)c1ccc2c(c1)OCO2. The highest BCUT2D eigenvalue weighted by Gasteiger charge is 2.17. The van der Waals surface area contributed by atoms with Crippen LogP contribution in [0.1, 0.15) is 49.4 Å². The van der Waals surface area contributed by atoms with Crippen molar-refractivity contribution < 1.29 is 14.3 Å². The number of ether oxygens (including phenoxy) is 2. The number of hydrogen-bond donors (Lipinski definition) is 2. The molecule has 1 amide bonds. The van der Waals surface area contributed by atoms with E-state index >= 15 is 0 Å². The number of rotatable bonds is 7. The monoisotopic (exact) mass is 314 g/mol. The van der Waals surface area contributed by atoms with E-state index in [1.54, 1.807) is 18.2 Å². The molecule has 3 rings (SSSR count). The van der Waals surface area contributed by atoms with Gasteiger partial charge in [-0.05, 0) is 43.0 Å². The van der Waals surface area contributed by atoms with Crippen LogP contribution in [-0.2, 0) is 0 Å². The summed E-state index contributed by atoms with van der Waals surface area (Å²) in [5.74, 6) is 1.09. The molecular weight excluding hydrogens is 292 g/mol. The molecule has 2 aliphatic rings. The Hall–Kier alpha value is -2.43. The van der Waals surface area contributed by atoms with E-state index in [0.29, 0.717) is 17.1 Å². The number of carbonyl (C=O) groups excluding carboxylic acids is 1. The lowest BCUT2D eigenvalue weighted by Crippen LogP contribution is -2.36. The molecular formula is C18H22N2O3. The van der Waals surface area contributed by atoms with Crippen molar-refractivity contribution in [2.75, 3.05) is 6.79 Å². The number of allylic oxidation sites excluding steroid dienone is 3. The van der Waals surface area contributed by atoms with E-state index in [0.717, 1.165) is 18.5 Å². The molecule has 0 spiro atoms. The van der Waals surface area contributed by atoms with Crippen LogP contribution in [0.4, 0.5) is 0 Å². The lowest BCUT2D eigenvalue weighted by Gasteiger charge is -2.13. The molecule has 1 aromatic rings. The van der Waals surface area contributed by atoms with Crippen molar-refractivity contribution in [2.45, 2.75) is 39.0 Å². The first-order valence-corrected chi connectivity index (χ1v) is 8.13. The molecule has 23 heavy (non-hydrogen) atoms. The second-order valence-electron chi connectivity index (χ2n) is 5.69. The Kier molecular flexibility index (Phi) is 4.86. The molecule has 5 heteroatoms. The molecule has 0 saturated heterocycles. The second kappa shape index (κ2) is 7.22. The highest BCUT2D eigenvalue weighted by atomic mass is 16.7. The summed E-state index contributed by atoms with van der Waals surface area (Å²) >= 11 is 0. The predicted molar refractivity (Wildman–Crippen MR) is 88.1 cm³/mol. The number of unbranched alkanes of at least 4 members (excludes halogenated alkanes) is 2. The Labute approximate surface area is 136 Å². The van der Waals surface area contributed by atoms with Gasteiger partial charge < -0.3 is 9.47 Å². The molecule has 1 heterocycles. The molecule has 0 atom stereocenters. The first-order chi connectivity index (χ1) is 11.3. The fourth-order valence-electron chi connectivity index (χ4n) is 2.73. The van der Waals surface area contributed by atoms with Crippen molar-refractivity contribution in [3.63, 3.8) is 0 Å². The van der Waals surface area contributed by atoms with Crippen molar-refractivity contribution in [2.24, 2.45) is 0 Å². The smallest absolute Gasteiger partial charge is 0.269 e. The summed E-state index contributed by atoms with van der Waals surface area (Å²) in [6.45, 7) is 2.40. The number of carbonyl (C=O) groups is 1. The van der Waals surface area contributed by atoms with Crippen LogP contribution in [0.3, 0.4) is 0 Å². The highest BCUT2D eigenvalue weighted by molar-refractivity contribution is 5.94. The van der Waals surface area contributed by atoms with Gasteiger partial charge in [-0.15, -0.1) is 0 Å². The van der Waals surface area contributed by atoms with E-state index in [4.69, 9.17) is 9.47 Å². The molecule has 1 aromatic carbocycles. The van der Waals surface area contributed by atoms with E-state index in [1.807, 2.05) is 0 Å². The van der Waals surface area contributed by atoms with Crippen LogP contribution in [0.2, 0.25) is 0 Å². The molecule has 1 aliphatic heterocycles. The average Bonchev–Trinajstić information content (AvgIpc) is 3.21. The number of hydrazine groups is 1. The van der Waals surface area contributed by atoms with E-state index in [1.165, 1.54) is 24.8 Å². The van der Waals surface area contributed by atoms with Gasteiger partial charge in [0, 0.05) is 5.56 Å². The predicted octanol–water partition coefficient (Wildman–Crippen LogP) is 3.44. The van der Waals surface area contributed by atoms with Crippen molar-refractivity contribution >= 4 is 5.91 Å². The van der Waals surface area contributed by atoms with Crippen LogP contribution < -0.4 is 20.3 Å². The fraction of sp³-hybridized carbons (Fsp3) is 0.389. The summed E-state index contributed by atoms with van der Waals surface area (Å²) in [4.78, 5) is 12.3. The van der Waals surface area contributed by atoms with Gasteiger partial charge in [0.15, 0.2) is 11.5 Å². The molecule has 0 fully saturated rings. The third kappa shape index (κ3) is 3.67. The Morgan fingerprint density at radius 2 is 2.04 bits per heavy atom. The van der Waals surface area contributed by atoms with Crippen LogP contribution in [0, 0.1) is 0 Å². The van der Waals surface area contributed by atoms with Gasteiger partial charge in [0.25, 0.3) is 5.91 Å². The highest BCUT2D eigenvalue weighted by Crippen LogP contribution is 2.32. The Morgan fingerprint density at radius 3 is 2.91 bits per heavy atom. The lowest BCUT2D eigenvalue weighted by atomic mass is 10.1. The minimum absolute atomic E-state index is 0.191. The van der Waals surface area contributed by atoms with Crippen LogP contribution >= 0.6 is 0 Å². The van der Waals surface area contributed by atoms with E-state index < -0.39 is 0 Å². The first-order valence-electron chi connectivity index (χ1n) is 8.13. The third-order valence-electron chi connectivity index (χ3n) is 4.03. The fourth-order valence-corrected chi connectivity index (χ4v) is 2.73. The normalized spacial score (nSPS) is 15.2. The number of fused-ring (bicyclic) bond motifs is 1. The molecule has 0 saturated carbocycles. The molecule has 0 aromatic heterocycles. The molecule has 0 bridgehead atoms. The minimum atomic E-state index is -0.191. The van der Waals surface area contributed by atoms with Crippen molar-refractivity contribution in [1.82, 2.24) is 10.9 Å².